The summed E-state index contributed by atoms with van der Waals surface area (Å²) >= 11 is 0. The Morgan fingerprint density at radius 2 is 1.73 bits per heavy atom. The molecule has 1 fully saturated rings. The van der Waals surface area contributed by atoms with Crippen molar-refractivity contribution in [1.82, 2.24) is 9.80 Å². The van der Waals surface area contributed by atoms with E-state index in [0.717, 1.165) is 32.7 Å². The van der Waals surface area contributed by atoms with Gasteiger partial charge in [-0.15, -0.1) is 24.8 Å². The molecule has 0 unspecified atom stereocenters. The van der Waals surface area contributed by atoms with Crippen molar-refractivity contribution < 1.29 is 4.79 Å². The van der Waals surface area contributed by atoms with Gasteiger partial charge in [0.05, 0.1) is 6.04 Å². The Morgan fingerprint density at radius 3 is 2.07 bits per heavy atom. The zero-order chi connectivity index (χ0) is 9.84. The minimum atomic E-state index is -0.354. The molecule has 92 valence electrons. The summed E-state index contributed by atoms with van der Waals surface area (Å²) in [5.74, 6) is 0.0794. The molecular weight excluding hydrogens is 237 g/mol. The molecule has 1 heterocycles. The Balaban J connectivity index is 0. The molecule has 0 bridgehead atoms. The Morgan fingerprint density at radius 1 is 1.27 bits per heavy atom. The van der Waals surface area contributed by atoms with E-state index in [1.165, 1.54) is 0 Å². The molecule has 0 aromatic carbocycles. The van der Waals surface area contributed by atoms with Crippen LogP contribution in [0.1, 0.15) is 13.8 Å². The van der Waals surface area contributed by atoms with E-state index in [-0.39, 0.29) is 36.8 Å². The number of amides is 1. The number of rotatable bonds is 2. The predicted octanol–water partition coefficient (Wildman–Crippen LogP) is 0.341. The summed E-state index contributed by atoms with van der Waals surface area (Å²) in [6.45, 7) is 8.57. The summed E-state index contributed by atoms with van der Waals surface area (Å²) in [4.78, 5) is 15.7. The van der Waals surface area contributed by atoms with Gasteiger partial charge in [-0.1, -0.05) is 6.92 Å². The number of hydrogen-bond donors (Lipinski definition) is 1. The number of halogens is 2. The van der Waals surface area contributed by atoms with Crippen LogP contribution >= 0.6 is 24.8 Å². The third-order valence-corrected chi connectivity index (χ3v) is 2.52. The summed E-state index contributed by atoms with van der Waals surface area (Å²) in [5, 5.41) is 0. The van der Waals surface area contributed by atoms with Crippen LogP contribution in [0.4, 0.5) is 0 Å². The van der Waals surface area contributed by atoms with E-state index in [9.17, 15) is 4.79 Å². The lowest BCUT2D eigenvalue weighted by Gasteiger charge is -2.34. The molecule has 0 saturated carbocycles. The van der Waals surface area contributed by atoms with Gasteiger partial charge in [0.1, 0.15) is 0 Å². The number of carbonyl (C=O) groups is 1. The molecule has 1 amide bonds. The Labute approximate surface area is 104 Å². The number of nitrogens with two attached hydrogens (primary N) is 1. The minimum Gasteiger partial charge on any atom is -0.339 e. The van der Waals surface area contributed by atoms with Crippen LogP contribution in [0.5, 0.6) is 0 Å². The Kier molecular flexibility index (Phi) is 9.45. The standard InChI is InChI=1S/C9H19N3O.2ClH/c1-3-11-4-6-12(7-5-11)9(13)8(2)10;;/h8H,3-7,10H2,1-2H3;2*1H/t8-;;/m1../s1. The highest BCUT2D eigenvalue weighted by atomic mass is 35.5. The molecule has 0 aromatic heterocycles. The van der Waals surface area contributed by atoms with Gasteiger partial charge < -0.3 is 15.5 Å². The molecule has 15 heavy (non-hydrogen) atoms. The molecule has 1 aliphatic rings. The quantitative estimate of drug-likeness (QED) is 0.777. The van der Waals surface area contributed by atoms with Crippen molar-refractivity contribution in [3.63, 3.8) is 0 Å². The number of carbonyl (C=O) groups excluding carboxylic acids is 1. The van der Waals surface area contributed by atoms with E-state index in [2.05, 4.69) is 11.8 Å². The molecular formula is C9H21Cl2N3O. The first-order valence-corrected chi connectivity index (χ1v) is 4.92. The summed E-state index contributed by atoms with van der Waals surface area (Å²) in [7, 11) is 0. The fourth-order valence-corrected chi connectivity index (χ4v) is 1.57. The second kappa shape index (κ2) is 8.16. The Bertz CT molecular complexity index is 182. The molecule has 1 atom stereocenters. The molecule has 0 spiro atoms. The lowest BCUT2D eigenvalue weighted by Crippen LogP contribution is -2.52. The lowest BCUT2D eigenvalue weighted by atomic mass is 10.2. The zero-order valence-electron chi connectivity index (χ0n) is 9.31. The highest BCUT2D eigenvalue weighted by Crippen LogP contribution is 2.02. The van der Waals surface area contributed by atoms with Gasteiger partial charge in [0.25, 0.3) is 0 Å². The van der Waals surface area contributed by atoms with Crippen molar-refractivity contribution in [1.29, 1.82) is 0 Å². The molecule has 1 saturated heterocycles. The zero-order valence-corrected chi connectivity index (χ0v) is 10.9. The van der Waals surface area contributed by atoms with E-state index < -0.39 is 0 Å². The van der Waals surface area contributed by atoms with Crippen LogP contribution < -0.4 is 5.73 Å². The van der Waals surface area contributed by atoms with Crippen molar-refractivity contribution in [2.75, 3.05) is 32.7 Å². The average Bonchev–Trinajstić information content (AvgIpc) is 2.17. The maximum Gasteiger partial charge on any atom is 0.239 e. The maximum atomic E-state index is 11.5. The summed E-state index contributed by atoms with van der Waals surface area (Å²) in [5.41, 5.74) is 5.53. The van der Waals surface area contributed by atoms with Gasteiger partial charge >= 0.3 is 0 Å². The molecule has 0 aliphatic carbocycles. The molecule has 6 heteroatoms. The van der Waals surface area contributed by atoms with E-state index >= 15 is 0 Å². The molecule has 1 aliphatic heterocycles. The van der Waals surface area contributed by atoms with Crippen molar-refractivity contribution >= 4 is 30.7 Å². The van der Waals surface area contributed by atoms with Crippen LogP contribution in [-0.4, -0.2) is 54.5 Å². The highest BCUT2D eigenvalue weighted by molar-refractivity contribution is 5.85. The molecule has 0 aromatic rings. The van der Waals surface area contributed by atoms with Crippen molar-refractivity contribution in [3.05, 3.63) is 0 Å². The highest BCUT2D eigenvalue weighted by Gasteiger charge is 2.21. The van der Waals surface area contributed by atoms with Crippen LogP contribution in [0.2, 0.25) is 0 Å². The van der Waals surface area contributed by atoms with Crippen LogP contribution in [0.15, 0.2) is 0 Å². The minimum absolute atomic E-state index is 0. The summed E-state index contributed by atoms with van der Waals surface area (Å²) in [6, 6.07) is -0.354. The first-order valence-electron chi connectivity index (χ1n) is 4.92. The second-order valence-corrected chi connectivity index (χ2v) is 3.55. The van der Waals surface area contributed by atoms with Gasteiger partial charge in [-0.25, -0.2) is 0 Å². The SMILES string of the molecule is CCN1CCN(C(=O)[C@@H](C)N)CC1.Cl.Cl. The van der Waals surface area contributed by atoms with Gasteiger partial charge in [-0.05, 0) is 13.5 Å². The normalized spacial score (nSPS) is 18.7. The fourth-order valence-electron chi connectivity index (χ4n) is 1.57. The van der Waals surface area contributed by atoms with E-state index in [1.54, 1.807) is 6.92 Å². The first-order chi connectivity index (χ1) is 6.15. The number of nitrogens with zero attached hydrogens (tertiary/aromatic N) is 2. The van der Waals surface area contributed by atoms with Crippen molar-refractivity contribution in [3.8, 4) is 0 Å². The van der Waals surface area contributed by atoms with Gasteiger partial charge in [-0.2, -0.15) is 0 Å². The van der Waals surface area contributed by atoms with Gasteiger partial charge in [0.2, 0.25) is 5.91 Å². The third kappa shape index (κ3) is 5.02. The maximum absolute atomic E-state index is 11.5. The second-order valence-electron chi connectivity index (χ2n) is 3.55. The van der Waals surface area contributed by atoms with E-state index in [1.807, 2.05) is 4.90 Å². The van der Waals surface area contributed by atoms with E-state index in [0.29, 0.717) is 0 Å². The predicted molar refractivity (Wildman–Crippen MR) is 66.8 cm³/mol. The van der Waals surface area contributed by atoms with Gasteiger partial charge in [0.15, 0.2) is 0 Å². The van der Waals surface area contributed by atoms with Crippen molar-refractivity contribution in [2.24, 2.45) is 5.73 Å². The van der Waals surface area contributed by atoms with Gasteiger partial charge in [-0.3, -0.25) is 4.79 Å². The summed E-state index contributed by atoms with van der Waals surface area (Å²) < 4.78 is 0. The largest absolute Gasteiger partial charge is 0.339 e. The van der Waals surface area contributed by atoms with Crippen LogP contribution in [0.3, 0.4) is 0 Å². The van der Waals surface area contributed by atoms with Gasteiger partial charge in [0, 0.05) is 26.2 Å². The third-order valence-electron chi connectivity index (χ3n) is 2.52. The smallest absolute Gasteiger partial charge is 0.239 e. The topological polar surface area (TPSA) is 49.6 Å². The molecule has 0 radical (unpaired) electrons. The number of likely N-dealkylation sites (N-methyl/N-ethyl adjacent to an activating group) is 1. The fraction of sp³-hybridized carbons (Fsp3) is 0.889. The molecule has 1 rings (SSSR count). The lowest BCUT2D eigenvalue weighted by molar-refractivity contribution is -0.133. The van der Waals surface area contributed by atoms with Crippen LogP contribution in [0, 0.1) is 0 Å². The Hall–Kier alpha value is -0.0300. The average molecular weight is 258 g/mol. The van der Waals surface area contributed by atoms with Crippen molar-refractivity contribution in [2.45, 2.75) is 19.9 Å². The molecule has 4 nitrogen and oxygen atoms in total. The number of piperazine rings is 1. The number of hydrogen-bond acceptors (Lipinski definition) is 3. The van der Waals surface area contributed by atoms with E-state index in [4.69, 9.17) is 5.73 Å². The monoisotopic (exact) mass is 257 g/mol. The van der Waals surface area contributed by atoms with Crippen LogP contribution in [-0.2, 0) is 4.79 Å². The first kappa shape index (κ1) is 17.4. The van der Waals surface area contributed by atoms with Crippen LogP contribution in [0.25, 0.3) is 0 Å². The summed E-state index contributed by atoms with van der Waals surface area (Å²) in [6.07, 6.45) is 0. The molecule has 2 N–H and O–H groups in total.